The lowest BCUT2D eigenvalue weighted by Crippen LogP contribution is -2.46. The van der Waals surface area contributed by atoms with Crippen LogP contribution in [0.3, 0.4) is 0 Å². The van der Waals surface area contributed by atoms with Crippen LogP contribution in [0.4, 0.5) is 4.79 Å². The van der Waals surface area contributed by atoms with Crippen LogP contribution < -0.4 is 31.2 Å². The highest BCUT2D eigenvalue weighted by Crippen LogP contribution is 2.28. The van der Waals surface area contributed by atoms with Crippen molar-refractivity contribution in [3.63, 3.8) is 0 Å². The third-order valence-corrected chi connectivity index (χ3v) is 5.44. The Morgan fingerprint density at radius 1 is 1.03 bits per heavy atom. The van der Waals surface area contributed by atoms with Crippen LogP contribution in [0.15, 0.2) is 30.4 Å². The fraction of sp³-hybridized carbons (Fsp3) is 0.556. The number of allylic oxidation sites excluding steroid dienone is 2. The minimum absolute atomic E-state index is 0.0423. The predicted molar refractivity (Wildman–Crippen MR) is 144 cm³/mol. The molecule has 0 aliphatic carbocycles. The Morgan fingerprint density at radius 2 is 1.79 bits per heavy atom. The number of carboxylic acids is 1. The van der Waals surface area contributed by atoms with Crippen molar-refractivity contribution in [2.45, 2.75) is 71.4 Å². The van der Waals surface area contributed by atoms with E-state index < -0.39 is 30.6 Å². The average molecular weight is 535 g/mol. The summed E-state index contributed by atoms with van der Waals surface area (Å²) < 4.78 is 10.5. The van der Waals surface area contributed by atoms with Gasteiger partial charge in [0.05, 0.1) is 7.11 Å². The van der Waals surface area contributed by atoms with Gasteiger partial charge in [-0.1, -0.05) is 32.1 Å². The zero-order valence-corrected chi connectivity index (χ0v) is 22.6. The van der Waals surface area contributed by atoms with E-state index in [1.54, 1.807) is 12.1 Å². The van der Waals surface area contributed by atoms with Crippen molar-refractivity contribution in [1.29, 1.82) is 0 Å². The number of carbonyl (C=O) groups is 4. The van der Waals surface area contributed by atoms with Gasteiger partial charge >= 0.3 is 12.1 Å². The van der Waals surface area contributed by atoms with Crippen molar-refractivity contribution in [3.8, 4) is 11.5 Å². The molecule has 0 fully saturated rings. The number of nitrogens with one attached hydrogen (secondary N) is 3. The van der Waals surface area contributed by atoms with E-state index in [4.69, 9.17) is 15.2 Å². The minimum Gasteiger partial charge on any atom is -0.493 e. The maximum atomic E-state index is 12.2. The van der Waals surface area contributed by atoms with E-state index in [-0.39, 0.29) is 23.8 Å². The van der Waals surface area contributed by atoms with Gasteiger partial charge in [0.15, 0.2) is 11.5 Å². The Balaban J connectivity index is 2.47. The van der Waals surface area contributed by atoms with Crippen LogP contribution in [-0.4, -0.2) is 55.2 Å². The molecule has 0 aromatic heterocycles. The highest BCUT2D eigenvalue weighted by molar-refractivity contribution is 5.87. The van der Waals surface area contributed by atoms with Crippen molar-refractivity contribution in [3.05, 3.63) is 35.9 Å². The number of hydrogen-bond acceptors (Lipinski definition) is 7. The maximum Gasteiger partial charge on any atom is 0.413 e. The van der Waals surface area contributed by atoms with Gasteiger partial charge in [-0.05, 0) is 68.7 Å². The van der Waals surface area contributed by atoms with Crippen LogP contribution in [0.5, 0.6) is 11.5 Å². The molecule has 6 N–H and O–H groups in total. The van der Waals surface area contributed by atoms with Crippen LogP contribution in [0.25, 0.3) is 0 Å². The molecule has 11 heteroatoms. The van der Waals surface area contributed by atoms with E-state index >= 15 is 0 Å². The number of rotatable bonds is 18. The Kier molecular flexibility index (Phi) is 15.9. The number of unbranched alkanes of at least 4 members (excludes halogenated alkanes) is 3. The zero-order valence-electron chi connectivity index (χ0n) is 22.6. The summed E-state index contributed by atoms with van der Waals surface area (Å²) in [6, 6.07) is 3.80. The van der Waals surface area contributed by atoms with E-state index in [2.05, 4.69) is 41.9 Å². The maximum absolute atomic E-state index is 12.2. The second-order valence-electron chi connectivity index (χ2n) is 9.17. The molecule has 1 rings (SSSR count). The van der Waals surface area contributed by atoms with E-state index in [1.165, 1.54) is 13.2 Å². The van der Waals surface area contributed by atoms with Crippen LogP contribution in [-0.2, 0) is 20.9 Å². The third-order valence-electron chi connectivity index (χ3n) is 5.44. The van der Waals surface area contributed by atoms with Gasteiger partial charge in [-0.2, -0.15) is 0 Å². The standard InChI is InChI=1S/C27H42N4O7/c1-19(2)10-6-4-5-7-12-24(32)29-17-20-13-14-22(23(16-20)37-3)38-27(36)30-18-25(33)31-21(26(34)35)11-8-9-15-28/h6,10,13-14,16,19,21H,4-5,7-9,11-12,15,17-18,28H2,1-3H3,(H,29,32)(H,30,36)(H,31,33)(H,34,35)/b10-6+. The first-order valence-electron chi connectivity index (χ1n) is 12.9. The Bertz CT molecular complexity index is 934. The SMILES string of the molecule is COc1cc(CNC(=O)CCCC/C=C/C(C)C)ccc1OC(=O)NCC(=O)NC(CCCCN)C(=O)O. The molecule has 0 bridgehead atoms. The first-order chi connectivity index (χ1) is 18.2. The summed E-state index contributed by atoms with van der Waals surface area (Å²) >= 11 is 0. The summed E-state index contributed by atoms with van der Waals surface area (Å²) in [4.78, 5) is 47.6. The summed E-state index contributed by atoms with van der Waals surface area (Å²) in [5, 5.41) is 16.7. The van der Waals surface area contributed by atoms with Gasteiger partial charge in [-0.15, -0.1) is 0 Å². The molecular formula is C27H42N4O7. The Labute approximate surface area is 224 Å². The number of aliphatic carboxylic acids is 1. The highest BCUT2D eigenvalue weighted by Gasteiger charge is 2.20. The smallest absolute Gasteiger partial charge is 0.413 e. The molecule has 1 unspecified atom stereocenters. The number of hydrogen-bond donors (Lipinski definition) is 5. The molecule has 1 aromatic rings. The van der Waals surface area contributed by atoms with Gasteiger partial charge < -0.3 is 36.3 Å². The van der Waals surface area contributed by atoms with Crippen molar-refractivity contribution in [2.24, 2.45) is 11.7 Å². The van der Waals surface area contributed by atoms with Crippen molar-refractivity contribution >= 4 is 23.9 Å². The van der Waals surface area contributed by atoms with Gasteiger partial charge in [0.1, 0.15) is 12.6 Å². The number of carbonyl (C=O) groups excluding carboxylic acids is 3. The normalized spacial score (nSPS) is 11.7. The quantitative estimate of drug-likeness (QED) is 0.141. The average Bonchev–Trinajstić information content (AvgIpc) is 2.88. The van der Waals surface area contributed by atoms with E-state index in [0.29, 0.717) is 38.3 Å². The number of carboxylic acid groups (broad SMARTS) is 1. The number of ether oxygens (including phenoxy) is 2. The Hall–Kier alpha value is -3.60. The number of amides is 3. The monoisotopic (exact) mass is 534 g/mol. The molecule has 0 saturated carbocycles. The predicted octanol–water partition coefficient (Wildman–Crippen LogP) is 2.87. The molecule has 11 nitrogen and oxygen atoms in total. The molecule has 3 amide bonds. The molecule has 1 atom stereocenters. The summed E-state index contributed by atoms with van der Waals surface area (Å²) in [6.07, 6.45) is 8.01. The second-order valence-corrected chi connectivity index (χ2v) is 9.17. The minimum atomic E-state index is -1.16. The lowest BCUT2D eigenvalue weighted by molar-refractivity contribution is -0.141. The number of methoxy groups -OCH3 is 1. The third kappa shape index (κ3) is 14.2. The van der Waals surface area contributed by atoms with Crippen molar-refractivity contribution < 1.29 is 33.8 Å². The number of benzene rings is 1. The van der Waals surface area contributed by atoms with Gasteiger partial charge in [0, 0.05) is 13.0 Å². The largest absolute Gasteiger partial charge is 0.493 e. The van der Waals surface area contributed by atoms with E-state index in [0.717, 1.165) is 24.8 Å². The van der Waals surface area contributed by atoms with Crippen LogP contribution in [0.1, 0.15) is 64.4 Å². The van der Waals surface area contributed by atoms with Crippen LogP contribution in [0.2, 0.25) is 0 Å². The molecule has 38 heavy (non-hydrogen) atoms. The number of nitrogens with two attached hydrogens (primary N) is 1. The van der Waals surface area contributed by atoms with Gasteiger partial charge in [0.25, 0.3) is 0 Å². The summed E-state index contributed by atoms with van der Waals surface area (Å²) in [7, 11) is 1.42. The van der Waals surface area contributed by atoms with Crippen LogP contribution in [0, 0.1) is 5.92 Å². The lowest BCUT2D eigenvalue weighted by atomic mass is 10.1. The first-order valence-corrected chi connectivity index (χ1v) is 12.9. The van der Waals surface area contributed by atoms with E-state index in [1.807, 2.05) is 0 Å². The molecule has 0 aliphatic heterocycles. The zero-order chi connectivity index (χ0) is 28.3. The fourth-order valence-electron chi connectivity index (χ4n) is 3.40. The van der Waals surface area contributed by atoms with Gasteiger partial charge in [-0.25, -0.2) is 9.59 Å². The summed E-state index contributed by atoms with van der Waals surface area (Å²) in [6.45, 7) is 4.52. The molecule has 0 aliphatic rings. The van der Waals surface area contributed by atoms with Crippen LogP contribution >= 0.6 is 0 Å². The first kappa shape index (κ1) is 32.4. The van der Waals surface area contributed by atoms with Gasteiger partial charge in [-0.3, -0.25) is 9.59 Å². The molecular weight excluding hydrogens is 492 g/mol. The summed E-state index contributed by atoms with van der Waals surface area (Å²) in [5.74, 6) is -0.928. The highest BCUT2D eigenvalue weighted by atomic mass is 16.6. The fourth-order valence-corrected chi connectivity index (χ4v) is 3.40. The van der Waals surface area contributed by atoms with Crippen molar-refractivity contribution in [1.82, 2.24) is 16.0 Å². The molecule has 0 spiro atoms. The molecule has 0 radical (unpaired) electrons. The molecule has 0 saturated heterocycles. The summed E-state index contributed by atoms with van der Waals surface area (Å²) in [5.41, 5.74) is 6.16. The molecule has 0 heterocycles. The lowest BCUT2D eigenvalue weighted by Gasteiger charge is -2.15. The second kappa shape index (κ2) is 18.6. The van der Waals surface area contributed by atoms with Crippen molar-refractivity contribution in [2.75, 3.05) is 20.2 Å². The van der Waals surface area contributed by atoms with Gasteiger partial charge in [0.2, 0.25) is 11.8 Å². The molecule has 1 aromatic carbocycles. The topological polar surface area (TPSA) is 169 Å². The van der Waals surface area contributed by atoms with E-state index in [9.17, 15) is 24.3 Å². The Morgan fingerprint density at radius 3 is 2.45 bits per heavy atom. The molecule has 212 valence electrons.